The molecule has 1 atom stereocenters. The van der Waals surface area contributed by atoms with Crippen molar-refractivity contribution in [1.29, 1.82) is 0 Å². The minimum absolute atomic E-state index is 0.0408. The van der Waals surface area contributed by atoms with Crippen molar-refractivity contribution in [2.45, 2.75) is 39.2 Å². The average molecular weight is 451 g/mol. The van der Waals surface area contributed by atoms with Crippen molar-refractivity contribution in [2.75, 3.05) is 24.7 Å². The predicted molar refractivity (Wildman–Crippen MR) is 119 cm³/mol. The van der Waals surface area contributed by atoms with Crippen LogP contribution < -0.4 is 14.4 Å². The summed E-state index contributed by atoms with van der Waals surface area (Å²) in [5.74, 6) is -0.117. The molecule has 0 aliphatic carbocycles. The van der Waals surface area contributed by atoms with E-state index in [-0.39, 0.29) is 30.3 Å². The Morgan fingerprint density at radius 1 is 0.970 bits per heavy atom. The van der Waals surface area contributed by atoms with Crippen molar-refractivity contribution in [2.24, 2.45) is 0 Å². The van der Waals surface area contributed by atoms with Crippen LogP contribution in [-0.2, 0) is 20.7 Å². The van der Waals surface area contributed by atoms with E-state index in [9.17, 15) is 19.2 Å². The van der Waals surface area contributed by atoms with Gasteiger partial charge in [-0.25, -0.2) is 0 Å². The average Bonchev–Trinajstić information content (AvgIpc) is 3.25. The van der Waals surface area contributed by atoms with Crippen molar-refractivity contribution >= 4 is 29.1 Å². The molecule has 0 spiro atoms. The highest BCUT2D eigenvalue weighted by atomic mass is 16.6. The van der Waals surface area contributed by atoms with E-state index >= 15 is 0 Å². The van der Waals surface area contributed by atoms with Gasteiger partial charge >= 0.3 is 5.97 Å². The van der Waals surface area contributed by atoms with Crippen LogP contribution in [0.5, 0.6) is 11.5 Å². The first-order valence-electron chi connectivity index (χ1n) is 10.9. The van der Waals surface area contributed by atoms with Crippen LogP contribution in [0.15, 0.2) is 36.4 Å². The number of carbonyl (C=O) groups excluding carboxylic acids is 4. The number of hydrogen-bond acceptors (Lipinski definition) is 7. The molecule has 0 bridgehead atoms. The van der Waals surface area contributed by atoms with E-state index < -0.39 is 12.1 Å². The third-order valence-corrected chi connectivity index (χ3v) is 5.74. The number of rotatable bonds is 7. The van der Waals surface area contributed by atoms with Gasteiger partial charge in [0, 0.05) is 36.7 Å². The molecule has 2 heterocycles. The Hall–Kier alpha value is -3.68. The lowest BCUT2D eigenvalue weighted by atomic mass is 10.0. The summed E-state index contributed by atoms with van der Waals surface area (Å²) in [5.41, 5.74) is 2.57. The van der Waals surface area contributed by atoms with Gasteiger partial charge in [-0.3, -0.25) is 19.2 Å². The summed E-state index contributed by atoms with van der Waals surface area (Å²) >= 11 is 0. The molecule has 0 unspecified atom stereocenters. The lowest BCUT2D eigenvalue weighted by molar-refractivity contribution is -0.146. The molecular formula is C25H25NO7. The molecule has 0 saturated carbocycles. The smallest absolute Gasteiger partial charge is 0.306 e. The lowest BCUT2D eigenvalue weighted by Gasteiger charge is -2.18. The molecule has 8 nitrogen and oxygen atoms in total. The van der Waals surface area contributed by atoms with Crippen molar-refractivity contribution in [3.05, 3.63) is 53.1 Å². The largest absolute Gasteiger partial charge is 0.486 e. The summed E-state index contributed by atoms with van der Waals surface area (Å²) in [6.07, 6.45) is -0.487. The number of Topliss-reactive ketones (excluding diaryl/α,β-unsaturated/α-hetero) is 2. The van der Waals surface area contributed by atoms with Crippen LogP contribution in [0, 0.1) is 0 Å². The first kappa shape index (κ1) is 22.5. The molecule has 2 aromatic carbocycles. The van der Waals surface area contributed by atoms with E-state index in [0.717, 1.165) is 11.3 Å². The number of carbonyl (C=O) groups is 4. The number of nitrogens with zero attached hydrogens (tertiary/aromatic N) is 1. The molecule has 0 N–H and O–H groups in total. The summed E-state index contributed by atoms with van der Waals surface area (Å²) in [6, 6.07) is 10.0. The molecule has 1 amide bonds. The second-order valence-corrected chi connectivity index (χ2v) is 8.04. The zero-order valence-electron chi connectivity index (χ0n) is 18.6. The molecule has 33 heavy (non-hydrogen) atoms. The Kier molecular flexibility index (Phi) is 6.44. The zero-order chi connectivity index (χ0) is 23.5. The lowest BCUT2D eigenvalue weighted by Crippen LogP contribution is -2.26. The maximum Gasteiger partial charge on any atom is 0.306 e. The van der Waals surface area contributed by atoms with E-state index in [0.29, 0.717) is 48.8 Å². The Morgan fingerprint density at radius 2 is 1.70 bits per heavy atom. The molecule has 0 aromatic heterocycles. The van der Waals surface area contributed by atoms with E-state index in [2.05, 4.69) is 0 Å². The van der Waals surface area contributed by atoms with Crippen LogP contribution in [0.25, 0.3) is 0 Å². The highest BCUT2D eigenvalue weighted by Crippen LogP contribution is 2.31. The minimum Gasteiger partial charge on any atom is -0.486 e. The maximum absolute atomic E-state index is 12.7. The summed E-state index contributed by atoms with van der Waals surface area (Å²) in [4.78, 5) is 50.8. The van der Waals surface area contributed by atoms with Gasteiger partial charge in [-0.05, 0) is 55.3 Å². The van der Waals surface area contributed by atoms with Crippen LogP contribution in [0.4, 0.5) is 5.69 Å². The van der Waals surface area contributed by atoms with E-state index in [1.807, 2.05) is 0 Å². The highest BCUT2D eigenvalue weighted by Gasteiger charge is 2.26. The van der Waals surface area contributed by atoms with Crippen molar-refractivity contribution < 1.29 is 33.4 Å². The molecule has 2 aliphatic rings. The molecule has 2 aliphatic heterocycles. The number of fused-ring (bicyclic) bond motifs is 2. The Labute approximate surface area is 191 Å². The Bertz CT molecular complexity index is 1120. The summed E-state index contributed by atoms with van der Waals surface area (Å²) in [7, 11) is 0. The molecule has 8 heteroatoms. The zero-order valence-corrected chi connectivity index (χ0v) is 18.6. The number of amides is 1. The molecule has 0 radical (unpaired) electrons. The molecule has 172 valence electrons. The summed E-state index contributed by atoms with van der Waals surface area (Å²) in [5, 5.41) is 0. The number of ketones is 2. The number of benzene rings is 2. The van der Waals surface area contributed by atoms with Gasteiger partial charge in [-0.1, -0.05) is 0 Å². The summed E-state index contributed by atoms with van der Waals surface area (Å²) < 4.78 is 16.2. The van der Waals surface area contributed by atoms with Gasteiger partial charge in [0.1, 0.15) is 13.2 Å². The fraction of sp³-hybridized carbons (Fsp3) is 0.360. The van der Waals surface area contributed by atoms with E-state index in [1.165, 1.54) is 13.8 Å². The molecule has 4 rings (SSSR count). The SMILES string of the molecule is CC(=O)N1CCc2cc(C(=O)[C@@H](C)OC(=O)CCC(=O)c3ccc4c(c3)OCCO4)ccc21. The number of ether oxygens (including phenoxy) is 3. The minimum atomic E-state index is -0.981. The standard InChI is InChI=1S/C25H25NO7/c1-15(25(30)19-3-5-20-17(13-19)9-10-26(20)16(2)27)33-24(29)8-6-21(28)18-4-7-22-23(14-18)32-12-11-31-22/h3-5,7,13-15H,6,8-12H2,1-2H3/t15-/m1/s1. The third kappa shape index (κ3) is 4.89. The van der Waals surface area contributed by atoms with Gasteiger partial charge in [-0.15, -0.1) is 0 Å². The van der Waals surface area contributed by atoms with Crippen molar-refractivity contribution in [1.82, 2.24) is 0 Å². The van der Waals surface area contributed by atoms with E-state index in [4.69, 9.17) is 14.2 Å². The number of esters is 1. The van der Waals surface area contributed by atoms with Gasteiger partial charge in [0.15, 0.2) is 23.4 Å². The van der Waals surface area contributed by atoms with E-state index in [1.54, 1.807) is 41.3 Å². The maximum atomic E-state index is 12.7. The van der Waals surface area contributed by atoms with Gasteiger partial charge < -0.3 is 19.1 Å². The Morgan fingerprint density at radius 3 is 2.45 bits per heavy atom. The van der Waals surface area contributed by atoms with Gasteiger partial charge in [0.25, 0.3) is 0 Å². The third-order valence-electron chi connectivity index (χ3n) is 5.74. The predicted octanol–water partition coefficient (Wildman–Crippen LogP) is 3.14. The molecule has 2 aromatic rings. The first-order chi connectivity index (χ1) is 15.8. The number of hydrogen-bond donors (Lipinski definition) is 0. The van der Waals surface area contributed by atoms with Crippen LogP contribution in [0.3, 0.4) is 0 Å². The van der Waals surface area contributed by atoms with Crippen LogP contribution in [0.1, 0.15) is 53.0 Å². The molecule has 0 saturated heterocycles. The first-order valence-corrected chi connectivity index (χ1v) is 10.9. The second kappa shape index (κ2) is 9.44. The van der Waals surface area contributed by atoms with Crippen LogP contribution in [-0.4, -0.2) is 49.3 Å². The fourth-order valence-corrected chi connectivity index (χ4v) is 4.00. The Balaban J connectivity index is 1.31. The van der Waals surface area contributed by atoms with Crippen LogP contribution in [0.2, 0.25) is 0 Å². The van der Waals surface area contributed by atoms with Gasteiger partial charge in [0.2, 0.25) is 11.7 Å². The van der Waals surface area contributed by atoms with Crippen LogP contribution >= 0.6 is 0 Å². The highest BCUT2D eigenvalue weighted by molar-refractivity contribution is 6.02. The molecule has 0 fully saturated rings. The monoisotopic (exact) mass is 451 g/mol. The van der Waals surface area contributed by atoms with Crippen molar-refractivity contribution in [3.8, 4) is 11.5 Å². The quantitative estimate of drug-likeness (QED) is 0.471. The van der Waals surface area contributed by atoms with Gasteiger partial charge in [0.05, 0.1) is 6.42 Å². The normalized spacial score (nSPS) is 14.9. The molecular weight excluding hydrogens is 426 g/mol. The fourth-order valence-electron chi connectivity index (χ4n) is 4.00. The topological polar surface area (TPSA) is 99.2 Å². The second-order valence-electron chi connectivity index (χ2n) is 8.04. The number of anilines is 1. The van der Waals surface area contributed by atoms with Crippen molar-refractivity contribution in [3.63, 3.8) is 0 Å². The van der Waals surface area contributed by atoms with Gasteiger partial charge in [-0.2, -0.15) is 0 Å². The summed E-state index contributed by atoms with van der Waals surface area (Å²) in [6.45, 7) is 4.49.